The molecule has 1 saturated heterocycles. The number of likely N-dealkylation sites (N-methyl/N-ethyl adjacent to an activating group) is 1. The zero-order chi connectivity index (χ0) is 18.0. The van der Waals surface area contributed by atoms with Gasteiger partial charge in [0.15, 0.2) is 0 Å². The predicted molar refractivity (Wildman–Crippen MR) is 96.5 cm³/mol. The molecular weight excluding hydrogens is 316 g/mol. The van der Waals surface area contributed by atoms with Gasteiger partial charge in [0.05, 0.1) is 6.04 Å². The molecule has 1 aliphatic rings. The first-order valence-electron chi connectivity index (χ1n) is 8.44. The number of carbonyl (C=O) groups excluding carboxylic acids is 2. The molecule has 6 nitrogen and oxygen atoms in total. The maximum absolute atomic E-state index is 12.8. The Balaban J connectivity index is 1.83. The minimum atomic E-state index is -0.0999. The van der Waals surface area contributed by atoms with Gasteiger partial charge in [0.25, 0.3) is 11.8 Å². The van der Waals surface area contributed by atoms with E-state index in [1.54, 1.807) is 13.1 Å². The molecule has 3 rings (SSSR count). The Morgan fingerprint density at radius 3 is 2.60 bits per heavy atom. The van der Waals surface area contributed by atoms with Crippen LogP contribution in [0.4, 0.5) is 0 Å². The summed E-state index contributed by atoms with van der Waals surface area (Å²) in [5.41, 5.74) is 2.38. The average Bonchev–Trinajstić information content (AvgIpc) is 3.07. The summed E-state index contributed by atoms with van der Waals surface area (Å²) in [6.45, 7) is 2.11. The second-order valence-corrected chi connectivity index (χ2v) is 6.46. The molecule has 0 bridgehead atoms. The molecule has 1 aliphatic heterocycles. The molecule has 132 valence electrons. The molecule has 2 aromatic rings. The number of hydrogen-bond donors (Lipinski definition) is 1. The molecule has 1 N–H and O–H groups in total. The fourth-order valence-electron chi connectivity index (χ4n) is 3.29. The van der Waals surface area contributed by atoms with Crippen LogP contribution in [0.25, 0.3) is 0 Å². The summed E-state index contributed by atoms with van der Waals surface area (Å²) in [7, 11) is 5.57. The van der Waals surface area contributed by atoms with Gasteiger partial charge in [0.2, 0.25) is 0 Å². The second-order valence-electron chi connectivity index (χ2n) is 6.46. The van der Waals surface area contributed by atoms with Crippen molar-refractivity contribution < 1.29 is 9.59 Å². The van der Waals surface area contributed by atoms with E-state index in [9.17, 15) is 9.59 Å². The van der Waals surface area contributed by atoms with Gasteiger partial charge < -0.3 is 14.8 Å². The first-order valence-corrected chi connectivity index (χ1v) is 8.44. The van der Waals surface area contributed by atoms with E-state index in [4.69, 9.17) is 0 Å². The molecule has 6 heteroatoms. The van der Waals surface area contributed by atoms with Gasteiger partial charge in [-0.2, -0.15) is 0 Å². The van der Waals surface area contributed by atoms with E-state index in [2.05, 4.69) is 17.3 Å². The Morgan fingerprint density at radius 1 is 1.12 bits per heavy atom. The van der Waals surface area contributed by atoms with E-state index < -0.39 is 0 Å². The fourth-order valence-corrected chi connectivity index (χ4v) is 3.29. The normalized spacial score (nSPS) is 18.2. The highest BCUT2D eigenvalue weighted by Crippen LogP contribution is 2.25. The quantitative estimate of drug-likeness (QED) is 0.922. The van der Waals surface area contributed by atoms with E-state index in [0.29, 0.717) is 24.3 Å². The summed E-state index contributed by atoms with van der Waals surface area (Å²) < 4.78 is 1.85. The van der Waals surface area contributed by atoms with Crippen LogP contribution < -0.4 is 5.32 Å². The fraction of sp³-hybridized carbons (Fsp3) is 0.368. The van der Waals surface area contributed by atoms with Crippen LogP contribution in [0.3, 0.4) is 0 Å². The molecule has 1 fully saturated rings. The molecule has 1 aromatic carbocycles. The highest BCUT2D eigenvalue weighted by Gasteiger charge is 2.30. The smallest absolute Gasteiger partial charge is 0.270 e. The number of hydrogen-bond acceptors (Lipinski definition) is 3. The van der Waals surface area contributed by atoms with Crippen molar-refractivity contribution in [1.82, 2.24) is 19.7 Å². The van der Waals surface area contributed by atoms with E-state index in [0.717, 1.165) is 12.1 Å². The van der Waals surface area contributed by atoms with Crippen LogP contribution in [0.15, 0.2) is 42.6 Å². The first kappa shape index (κ1) is 17.2. The number of rotatable bonds is 3. The largest absolute Gasteiger partial charge is 0.355 e. The summed E-state index contributed by atoms with van der Waals surface area (Å²) in [5, 5.41) is 2.65. The number of nitrogens with one attached hydrogen (secondary N) is 1. The lowest BCUT2D eigenvalue weighted by Gasteiger charge is -2.39. The number of piperazine rings is 1. The number of amides is 2. The third-order valence-corrected chi connectivity index (χ3v) is 4.86. The van der Waals surface area contributed by atoms with Crippen molar-refractivity contribution in [1.29, 1.82) is 0 Å². The highest BCUT2D eigenvalue weighted by molar-refractivity contribution is 5.94. The molecule has 1 atom stereocenters. The lowest BCUT2D eigenvalue weighted by Crippen LogP contribution is -2.49. The number of carbonyl (C=O) groups is 2. The average molecular weight is 340 g/mol. The Hall–Kier alpha value is -2.60. The minimum Gasteiger partial charge on any atom is -0.355 e. The van der Waals surface area contributed by atoms with Gasteiger partial charge in [0.1, 0.15) is 5.69 Å². The molecule has 2 heterocycles. The number of aromatic nitrogens is 1. The molecule has 0 radical (unpaired) electrons. The standard InChI is InChI=1S/C19H24N4O2/c1-20-18(24)15-7-4-6-14(12-15)17-13-23(11-10-22(17)3)19(25)16-8-5-9-21(16)2/h4-9,12,17H,10-11,13H2,1-3H3,(H,20,24)/t17-/m0/s1. The van der Waals surface area contributed by atoms with Crippen molar-refractivity contribution in [3.63, 3.8) is 0 Å². The molecule has 0 saturated carbocycles. The second kappa shape index (κ2) is 7.11. The predicted octanol–water partition coefficient (Wildman–Crippen LogP) is 1.51. The van der Waals surface area contributed by atoms with Crippen molar-refractivity contribution in [2.45, 2.75) is 6.04 Å². The van der Waals surface area contributed by atoms with Crippen molar-refractivity contribution in [3.05, 3.63) is 59.4 Å². The summed E-state index contributed by atoms with van der Waals surface area (Å²) in [6.07, 6.45) is 1.88. The van der Waals surface area contributed by atoms with Gasteiger partial charge in [0, 0.05) is 45.5 Å². The van der Waals surface area contributed by atoms with Gasteiger partial charge in [-0.15, -0.1) is 0 Å². The van der Waals surface area contributed by atoms with E-state index in [-0.39, 0.29) is 17.9 Å². The van der Waals surface area contributed by atoms with Gasteiger partial charge >= 0.3 is 0 Å². The Kier molecular flexibility index (Phi) is 4.90. The minimum absolute atomic E-state index is 0.0491. The lowest BCUT2D eigenvalue weighted by atomic mass is 10.00. The highest BCUT2D eigenvalue weighted by atomic mass is 16.2. The molecule has 25 heavy (non-hydrogen) atoms. The van der Waals surface area contributed by atoms with Crippen molar-refractivity contribution in [2.24, 2.45) is 7.05 Å². The first-order chi connectivity index (χ1) is 12.0. The Bertz CT molecular complexity index is 783. The van der Waals surface area contributed by atoms with Gasteiger partial charge in [-0.25, -0.2) is 0 Å². The van der Waals surface area contributed by atoms with E-state index >= 15 is 0 Å². The van der Waals surface area contributed by atoms with Gasteiger partial charge in [-0.05, 0) is 36.9 Å². The number of aryl methyl sites for hydroxylation is 1. The Morgan fingerprint density at radius 2 is 1.92 bits per heavy atom. The third kappa shape index (κ3) is 3.44. The van der Waals surface area contributed by atoms with Crippen molar-refractivity contribution >= 4 is 11.8 Å². The van der Waals surface area contributed by atoms with Crippen LogP contribution in [0, 0.1) is 0 Å². The van der Waals surface area contributed by atoms with Crippen LogP contribution in [0.2, 0.25) is 0 Å². The lowest BCUT2D eigenvalue weighted by molar-refractivity contribution is 0.0537. The SMILES string of the molecule is CNC(=O)c1cccc([C@@H]2CN(C(=O)c3cccn3C)CCN2C)c1. The summed E-state index contributed by atoms with van der Waals surface area (Å²) in [5.74, 6) is -0.0508. The van der Waals surface area contributed by atoms with Crippen LogP contribution >= 0.6 is 0 Å². The summed E-state index contributed by atoms with van der Waals surface area (Å²) in [6, 6.07) is 11.4. The van der Waals surface area contributed by atoms with Gasteiger partial charge in [-0.1, -0.05) is 12.1 Å². The van der Waals surface area contributed by atoms with Crippen LogP contribution in [-0.4, -0.2) is 59.9 Å². The zero-order valence-electron chi connectivity index (χ0n) is 14.9. The molecule has 2 amide bonds. The van der Waals surface area contributed by atoms with E-state index in [1.807, 2.05) is 53.0 Å². The van der Waals surface area contributed by atoms with Crippen LogP contribution in [0.5, 0.6) is 0 Å². The third-order valence-electron chi connectivity index (χ3n) is 4.86. The molecule has 0 unspecified atom stereocenters. The maximum Gasteiger partial charge on any atom is 0.270 e. The van der Waals surface area contributed by atoms with Crippen molar-refractivity contribution in [3.8, 4) is 0 Å². The zero-order valence-corrected chi connectivity index (χ0v) is 14.9. The van der Waals surface area contributed by atoms with Crippen LogP contribution in [0.1, 0.15) is 32.5 Å². The maximum atomic E-state index is 12.8. The summed E-state index contributed by atoms with van der Waals surface area (Å²) >= 11 is 0. The Labute approximate surface area is 148 Å². The topological polar surface area (TPSA) is 57.6 Å². The monoisotopic (exact) mass is 340 g/mol. The molecule has 0 spiro atoms. The van der Waals surface area contributed by atoms with Gasteiger partial charge in [-0.3, -0.25) is 14.5 Å². The van der Waals surface area contributed by atoms with E-state index in [1.165, 1.54) is 0 Å². The molecule has 0 aliphatic carbocycles. The number of nitrogens with zero attached hydrogens (tertiary/aromatic N) is 3. The summed E-state index contributed by atoms with van der Waals surface area (Å²) in [4.78, 5) is 28.8. The molecular formula is C19H24N4O2. The van der Waals surface area contributed by atoms with Crippen LogP contribution in [-0.2, 0) is 7.05 Å². The molecule has 1 aromatic heterocycles. The number of benzene rings is 1. The van der Waals surface area contributed by atoms with Crippen molar-refractivity contribution in [2.75, 3.05) is 33.7 Å².